The predicted molar refractivity (Wildman–Crippen MR) is 116 cm³/mol. The van der Waals surface area contributed by atoms with E-state index in [1.165, 1.54) is 18.2 Å². The number of benzene rings is 2. The lowest BCUT2D eigenvalue weighted by Gasteiger charge is -2.31. The molecule has 1 saturated heterocycles. The predicted octanol–water partition coefficient (Wildman–Crippen LogP) is 3.98. The molecule has 0 spiro atoms. The van der Waals surface area contributed by atoms with Gasteiger partial charge in [0.05, 0.1) is 21.8 Å². The summed E-state index contributed by atoms with van der Waals surface area (Å²) in [6, 6.07) is 12.3. The van der Waals surface area contributed by atoms with E-state index in [-0.39, 0.29) is 22.1 Å². The van der Waals surface area contributed by atoms with Crippen molar-refractivity contribution in [3.8, 4) is 6.07 Å². The Bertz CT molecular complexity index is 1060. The molecule has 0 saturated carbocycles. The Morgan fingerprint density at radius 2 is 1.97 bits per heavy atom. The van der Waals surface area contributed by atoms with Gasteiger partial charge in [-0.3, -0.25) is 10.0 Å². The molecule has 8 nitrogen and oxygen atoms in total. The Morgan fingerprint density at radius 1 is 1.23 bits per heavy atom. The van der Waals surface area contributed by atoms with Crippen molar-refractivity contribution in [1.29, 1.82) is 5.26 Å². The maximum atomic E-state index is 13.4. The normalized spacial score (nSPS) is 14.6. The first kappa shape index (κ1) is 22.4. The summed E-state index contributed by atoms with van der Waals surface area (Å²) < 4.78 is 13.6. The first-order valence-corrected chi connectivity index (χ1v) is 10.2. The second-order valence-corrected chi connectivity index (χ2v) is 7.77. The van der Waals surface area contributed by atoms with Crippen LogP contribution in [-0.2, 0) is 4.79 Å². The van der Waals surface area contributed by atoms with Gasteiger partial charge in [-0.15, -0.1) is 0 Å². The zero-order valence-corrected chi connectivity index (χ0v) is 17.9. The number of amidine groups is 1. The SMILES string of the molecule is N#Cc1cccc(NC(=O)N2CCC(C(=O)C(=Nc3ccc(F)c(Br)c3)NO)CC2)c1. The third kappa shape index (κ3) is 5.65. The molecule has 0 aromatic heterocycles. The lowest BCUT2D eigenvalue weighted by molar-refractivity contribution is -0.118. The number of hydroxylamine groups is 1. The fourth-order valence-electron chi connectivity index (χ4n) is 3.23. The van der Waals surface area contributed by atoms with Gasteiger partial charge in [-0.1, -0.05) is 6.07 Å². The highest BCUT2D eigenvalue weighted by molar-refractivity contribution is 9.10. The van der Waals surface area contributed by atoms with E-state index < -0.39 is 11.7 Å². The summed E-state index contributed by atoms with van der Waals surface area (Å²) in [6.07, 6.45) is 0.802. The van der Waals surface area contributed by atoms with Gasteiger partial charge in [-0.25, -0.2) is 19.7 Å². The van der Waals surface area contributed by atoms with Crippen molar-refractivity contribution < 1.29 is 19.2 Å². The zero-order valence-electron chi connectivity index (χ0n) is 16.3. The topological polar surface area (TPSA) is 118 Å². The van der Waals surface area contributed by atoms with Crippen LogP contribution in [0.4, 0.5) is 20.6 Å². The number of carbonyl (C=O) groups is 2. The summed E-state index contributed by atoms with van der Waals surface area (Å²) in [5.74, 6) is -1.51. The third-order valence-electron chi connectivity index (χ3n) is 4.88. The first-order valence-electron chi connectivity index (χ1n) is 9.45. The smallest absolute Gasteiger partial charge is 0.321 e. The molecule has 2 amide bonds. The van der Waals surface area contributed by atoms with Crippen LogP contribution in [0.15, 0.2) is 51.9 Å². The van der Waals surface area contributed by atoms with Crippen molar-refractivity contribution in [3.63, 3.8) is 0 Å². The van der Waals surface area contributed by atoms with Crippen LogP contribution in [0.3, 0.4) is 0 Å². The molecule has 3 rings (SSSR count). The fourth-order valence-corrected chi connectivity index (χ4v) is 3.59. The van der Waals surface area contributed by atoms with E-state index in [1.54, 1.807) is 29.2 Å². The highest BCUT2D eigenvalue weighted by Crippen LogP contribution is 2.24. The average molecular weight is 488 g/mol. The van der Waals surface area contributed by atoms with Crippen molar-refractivity contribution in [2.45, 2.75) is 12.8 Å². The Balaban J connectivity index is 1.60. The van der Waals surface area contributed by atoms with Crippen LogP contribution in [0.1, 0.15) is 18.4 Å². The highest BCUT2D eigenvalue weighted by Gasteiger charge is 2.30. The van der Waals surface area contributed by atoms with Gasteiger partial charge in [-0.05, 0) is 65.2 Å². The number of urea groups is 1. The standard InChI is InChI=1S/C21H19BrFN5O3/c22-17-11-16(4-5-18(17)23)25-20(27-31)19(29)14-6-8-28(9-7-14)21(30)26-15-3-1-2-13(10-15)12-24/h1-5,10-11,14,31H,6-9H2,(H,25,27)(H,26,30). The van der Waals surface area contributed by atoms with Gasteiger partial charge < -0.3 is 10.2 Å². The van der Waals surface area contributed by atoms with Gasteiger partial charge in [0.1, 0.15) is 5.82 Å². The number of nitrogens with zero attached hydrogens (tertiary/aromatic N) is 3. The van der Waals surface area contributed by atoms with Crippen molar-refractivity contribution in [1.82, 2.24) is 10.4 Å². The van der Waals surface area contributed by atoms with Gasteiger partial charge >= 0.3 is 6.03 Å². The number of nitrogens with one attached hydrogen (secondary N) is 2. The van der Waals surface area contributed by atoms with Crippen LogP contribution in [0, 0.1) is 23.1 Å². The van der Waals surface area contributed by atoms with Crippen LogP contribution >= 0.6 is 15.9 Å². The molecule has 2 aromatic carbocycles. The van der Waals surface area contributed by atoms with Crippen molar-refractivity contribution >= 4 is 45.0 Å². The molecular formula is C21H19BrFN5O3. The molecule has 0 unspecified atom stereocenters. The van der Waals surface area contributed by atoms with E-state index in [0.29, 0.717) is 42.9 Å². The number of amides is 2. The van der Waals surface area contributed by atoms with E-state index in [4.69, 9.17) is 5.26 Å². The minimum absolute atomic E-state index is 0.193. The maximum absolute atomic E-state index is 13.4. The average Bonchev–Trinajstić information content (AvgIpc) is 2.79. The molecule has 31 heavy (non-hydrogen) atoms. The second kappa shape index (κ2) is 10.1. The molecule has 0 aliphatic carbocycles. The van der Waals surface area contributed by atoms with E-state index in [0.717, 1.165) is 0 Å². The Labute approximate surface area is 186 Å². The number of piperidine rings is 1. The van der Waals surface area contributed by atoms with Crippen molar-refractivity contribution in [2.24, 2.45) is 10.9 Å². The molecule has 0 radical (unpaired) electrons. The summed E-state index contributed by atoms with van der Waals surface area (Å²) in [6.45, 7) is 0.696. The second-order valence-electron chi connectivity index (χ2n) is 6.92. The molecule has 1 heterocycles. The van der Waals surface area contributed by atoms with Crippen LogP contribution < -0.4 is 10.8 Å². The largest absolute Gasteiger partial charge is 0.324 e. The van der Waals surface area contributed by atoms with Crippen LogP contribution in [0.2, 0.25) is 0 Å². The minimum Gasteiger partial charge on any atom is -0.324 e. The molecule has 0 bridgehead atoms. The number of carbonyl (C=O) groups excluding carboxylic acids is 2. The molecule has 1 aliphatic heterocycles. The maximum Gasteiger partial charge on any atom is 0.321 e. The lowest BCUT2D eigenvalue weighted by atomic mass is 9.92. The number of likely N-dealkylation sites (tertiary alicyclic amines) is 1. The Morgan fingerprint density at radius 3 is 2.61 bits per heavy atom. The number of ketones is 1. The number of aliphatic imine (C=N–C) groups is 1. The number of rotatable bonds is 4. The van der Waals surface area contributed by atoms with Gasteiger partial charge in [0.2, 0.25) is 5.78 Å². The number of Topliss-reactive ketones (excluding diaryl/α,β-unsaturated/α-hetero) is 1. The fraction of sp³-hybridized carbons (Fsp3) is 0.238. The van der Waals surface area contributed by atoms with Crippen molar-refractivity contribution in [3.05, 3.63) is 58.3 Å². The van der Waals surface area contributed by atoms with E-state index >= 15 is 0 Å². The number of halogens is 2. The summed E-state index contributed by atoms with van der Waals surface area (Å²) in [5.41, 5.74) is 3.10. The molecular weight excluding hydrogens is 469 g/mol. The first-order chi connectivity index (χ1) is 14.9. The lowest BCUT2D eigenvalue weighted by Crippen LogP contribution is -2.44. The molecule has 3 N–H and O–H groups in total. The number of anilines is 1. The molecule has 1 fully saturated rings. The van der Waals surface area contributed by atoms with E-state index in [9.17, 15) is 19.2 Å². The van der Waals surface area contributed by atoms with Gasteiger partial charge in [0, 0.05) is 24.7 Å². The Hall–Kier alpha value is -3.29. The van der Waals surface area contributed by atoms with Gasteiger partial charge in [0.25, 0.3) is 0 Å². The molecule has 0 atom stereocenters. The van der Waals surface area contributed by atoms with Crippen LogP contribution in [0.5, 0.6) is 0 Å². The van der Waals surface area contributed by atoms with Crippen LogP contribution in [-0.4, -0.2) is 40.8 Å². The van der Waals surface area contributed by atoms with E-state index in [1.807, 2.05) is 11.5 Å². The third-order valence-corrected chi connectivity index (χ3v) is 5.49. The summed E-state index contributed by atoms with van der Waals surface area (Å²) in [4.78, 5) is 30.9. The zero-order chi connectivity index (χ0) is 22.4. The molecule has 160 valence electrons. The number of hydrogen-bond acceptors (Lipinski definition) is 5. The van der Waals surface area contributed by atoms with Gasteiger partial charge in [0.15, 0.2) is 5.84 Å². The number of nitriles is 1. The quantitative estimate of drug-likeness (QED) is 0.342. The monoisotopic (exact) mass is 487 g/mol. The molecule has 2 aromatic rings. The van der Waals surface area contributed by atoms with Crippen molar-refractivity contribution in [2.75, 3.05) is 18.4 Å². The van der Waals surface area contributed by atoms with Gasteiger partial charge in [-0.2, -0.15) is 5.26 Å². The summed E-state index contributed by atoms with van der Waals surface area (Å²) >= 11 is 3.05. The Kier molecular flexibility index (Phi) is 7.33. The van der Waals surface area contributed by atoms with E-state index in [2.05, 4.69) is 26.2 Å². The van der Waals surface area contributed by atoms with Crippen LogP contribution in [0.25, 0.3) is 0 Å². The molecule has 1 aliphatic rings. The summed E-state index contributed by atoms with van der Waals surface area (Å²) in [7, 11) is 0. The summed E-state index contributed by atoms with van der Waals surface area (Å²) in [5, 5.41) is 21.1. The minimum atomic E-state index is -0.464. The number of hydrogen-bond donors (Lipinski definition) is 3. The highest BCUT2D eigenvalue weighted by atomic mass is 79.9. The molecule has 10 heteroatoms.